The Bertz CT molecular complexity index is 945. The third kappa shape index (κ3) is 6.64. The maximum Gasteiger partial charge on any atom is 0.220 e. The predicted molar refractivity (Wildman–Crippen MR) is 144 cm³/mol. The third-order valence-electron chi connectivity index (χ3n) is 7.27. The van der Waals surface area contributed by atoms with Crippen LogP contribution in [0.4, 0.5) is 0 Å². The van der Waals surface area contributed by atoms with E-state index in [9.17, 15) is 5.11 Å². The molecule has 6 aliphatic rings. The third-order valence-corrected chi connectivity index (χ3v) is 8.30. The van der Waals surface area contributed by atoms with Gasteiger partial charge in [-0.25, -0.2) is 0 Å². The number of aliphatic hydroxyl groups excluding tert-OH is 1. The Kier molecular flexibility index (Phi) is 8.64. The second kappa shape index (κ2) is 11.1. The molecule has 0 amide bonds. The Morgan fingerprint density at radius 2 is 1.15 bits per heavy atom. The van der Waals surface area contributed by atoms with Crippen molar-refractivity contribution < 1.29 is 57.2 Å². The summed E-state index contributed by atoms with van der Waals surface area (Å²) in [5.41, 5.74) is 0. The van der Waals surface area contributed by atoms with Crippen LogP contribution in [0.15, 0.2) is 0 Å². The Hall–Kier alpha value is -0.200. The van der Waals surface area contributed by atoms with Crippen molar-refractivity contribution in [1.29, 1.82) is 0 Å². The summed E-state index contributed by atoms with van der Waals surface area (Å²) in [4.78, 5) is 0. The van der Waals surface area contributed by atoms with Gasteiger partial charge in [-0.3, -0.25) is 0 Å². The van der Waals surface area contributed by atoms with Crippen LogP contribution in [0.5, 0.6) is 0 Å². The second-order valence-corrected chi connectivity index (χ2v) is 13.8. The first-order chi connectivity index (χ1) is 18.5. The zero-order valence-corrected chi connectivity index (χ0v) is 26.1. The molecule has 6 fully saturated rings. The minimum absolute atomic E-state index is 0.245. The number of rotatable bonds is 3. The highest BCUT2D eigenvalue weighted by Crippen LogP contribution is 2.43. The zero-order valence-electron chi connectivity index (χ0n) is 24.4. The fourth-order valence-corrected chi connectivity index (χ4v) is 5.99. The number of hydrogen-bond donors (Lipinski definition) is 1. The molecule has 6 rings (SSSR count). The zero-order chi connectivity index (χ0) is 29.3. The largest absolute Gasteiger partial charge is 0.469 e. The van der Waals surface area contributed by atoms with E-state index in [4.69, 9.17) is 64.3 Å². The first-order valence-electron chi connectivity index (χ1n) is 13.6. The molecule has 0 radical (unpaired) electrons. The normalized spacial score (nSPS) is 45.5. The minimum atomic E-state index is -0.765. The van der Waals surface area contributed by atoms with Gasteiger partial charge in [-0.2, -0.15) is 0 Å². The van der Waals surface area contributed by atoms with Gasteiger partial charge >= 0.3 is 0 Å². The summed E-state index contributed by atoms with van der Waals surface area (Å²) in [6.45, 7) is 15.6. The molecule has 0 aromatic carbocycles. The Morgan fingerprint density at radius 1 is 0.675 bits per heavy atom. The SMILES string of the molecule is CC1(C)OCC([C@H]2OC3OC(C)(C)O[C@@H]3[C@H]2O)O1.CSC(=S)O[C@H]1[C@@H](C2COC(C)(C)O2)OC2OC(C)(C)O[C@@H]21. The summed E-state index contributed by atoms with van der Waals surface area (Å²) in [7, 11) is 0. The van der Waals surface area contributed by atoms with Crippen LogP contribution in [-0.2, 0) is 52.1 Å². The van der Waals surface area contributed by atoms with Crippen LogP contribution in [0, 0.1) is 0 Å². The molecule has 6 heterocycles. The van der Waals surface area contributed by atoms with E-state index in [0.717, 1.165) is 0 Å². The van der Waals surface area contributed by atoms with Gasteiger partial charge < -0.3 is 57.2 Å². The lowest BCUT2D eigenvalue weighted by atomic mass is 10.1. The average molecular weight is 611 g/mol. The van der Waals surface area contributed by atoms with E-state index < -0.39 is 54.0 Å². The monoisotopic (exact) mass is 610 g/mol. The number of aliphatic hydroxyl groups is 1. The van der Waals surface area contributed by atoms with Gasteiger partial charge in [-0.05, 0) is 73.9 Å². The molecule has 12 nitrogen and oxygen atoms in total. The molecule has 0 saturated carbocycles. The molecule has 230 valence electrons. The Balaban J connectivity index is 0.000000164. The molecule has 14 heteroatoms. The van der Waals surface area contributed by atoms with Crippen LogP contribution in [0.1, 0.15) is 55.4 Å². The van der Waals surface area contributed by atoms with Crippen LogP contribution in [0.2, 0.25) is 0 Å². The lowest BCUT2D eigenvalue weighted by molar-refractivity contribution is -0.232. The van der Waals surface area contributed by atoms with Crippen molar-refractivity contribution >= 4 is 28.4 Å². The molecule has 0 spiro atoms. The summed E-state index contributed by atoms with van der Waals surface area (Å²) < 4.78 is 63.7. The van der Waals surface area contributed by atoms with Gasteiger partial charge in [-0.15, -0.1) is 0 Å². The van der Waals surface area contributed by atoms with Crippen molar-refractivity contribution in [1.82, 2.24) is 0 Å². The number of thiocarbonyl (C=S) groups is 1. The first kappa shape index (κ1) is 31.2. The maximum absolute atomic E-state index is 10.3. The topological polar surface area (TPSA) is 122 Å². The van der Waals surface area contributed by atoms with Gasteiger partial charge in [0.15, 0.2) is 47.9 Å². The lowest BCUT2D eigenvalue weighted by Crippen LogP contribution is -2.44. The molecular formula is C26H42O12S2. The average Bonchev–Trinajstić information content (AvgIpc) is 3.64. The van der Waals surface area contributed by atoms with Crippen molar-refractivity contribution in [3.05, 3.63) is 0 Å². The fraction of sp³-hybridized carbons (Fsp3) is 0.962. The van der Waals surface area contributed by atoms with E-state index in [1.165, 1.54) is 11.8 Å². The first-order valence-corrected chi connectivity index (χ1v) is 15.2. The van der Waals surface area contributed by atoms with Crippen molar-refractivity contribution in [3.63, 3.8) is 0 Å². The highest BCUT2D eigenvalue weighted by Gasteiger charge is 2.60. The molecule has 6 saturated heterocycles. The number of thioether (sulfide) groups is 1. The molecule has 40 heavy (non-hydrogen) atoms. The standard InChI is InChI=1S/C14H22O6S2.C12H20O6/c1-13(2)15-6-7(18-13)8-9(17-12(21)22-5)10-11(16-8)20-14(3,4)19-10;1-11(2)14-5-6(16-11)8-7(13)9-10(15-8)18-12(3,4)17-9/h7-11H,6H2,1-5H3;6-10,13H,5H2,1-4H3/t7?,8-,9+,10-,11?;6?,7-,8+,9+,10?/m10/s1. The predicted octanol–water partition coefficient (Wildman–Crippen LogP) is 2.42. The molecule has 4 unspecified atom stereocenters. The summed E-state index contributed by atoms with van der Waals surface area (Å²) in [5, 5.41) is 10.3. The molecular weight excluding hydrogens is 568 g/mol. The van der Waals surface area contributed by atoms with E-state index in [1.807, 2.05) is 47.8 Å². The Morgan fingerprint density at radius 3 is 1.62 bits per heavy atom. The van der Waals surface area contributed by atoms with Crippen LogP contribution in [-0.4, -0.2) is 114 Å². The number of hydrogen-bond acceptors (Lipinski definition) is 14. The molecule has 6 aliphatic heterocycles. The van der Waals surface area contributed by atoms with Crippen molar-refractivity contribution in [2.24, 2.45) is 0 Å². The smallest absolute Gasteiger partial charge is 0.220 e. The van der Waals surface area contributed by atoms with Crippen molar-refractivity contribution in [3.8, 4) is 0 Å². The lowest BCUT2D eigenvalue weighted by Gasteiger charge is -2.29. The van der Waals surface area contributed by atoms with Crippen LogP contribution < -0.4 is 0 Å². The molecule has 0 aromatic heterocycles. The van der Waals surface area contributed by atoms with E-state index in [2.05, 4.69) is 0 Å². The van der Waals surface area contributed by atoms with Crippen molar-refractivity contribution in [2.45, 2.75) is 140 Å². The van der Waals surface area contributed by atoms with Gasteiger partial charge in [-0.1, -0.05) is 11.8 Å². The fourth-order valence-electron chi connectivity index (χ4n) is 5.68. The highest BCUT2D eigenvalue weighted by molar-refractivity contribution is 8.22. The summed E-state index contributed by atoms with van der Waals surface area (Å²) in [6, 6.07) is 0. The molecule has 1 N–H and O–H groups in total. The van der Waals surface area contributed by atoms with Gasteiger partial charge in [0, 0.05) is 0 Å². The molecule has 10 atom stereocenters. The van der Waals surface area contributed by atoms with Gasteiger partial charge in [0.05, 0.1) is 13.2 Å². The number of ether oxygens (including phenoxy) is 11. The van der Waals surface area contributed by atoms with Crippen LogP contribution in [0.25, 0.3) is 0 Å². The van der Waals surface area contributed by atoms with Crippen molar-refractivity contribution in [2.75, 3.05) is 19.5 Å². The van der Waals surface area contributed by atoms with Crippen LogP contribution in [0.3, 0.4) is 0 Å². The molecule has 0 bridgehead atoms. The quantitative estimate of drug-likeness (QED) is 0.471. The summed E-state index contributed by atoms with van der Waals surface area (Å²) in [5.74, 6) is -2.67. The minimum Gasteiger partial charge on any atom is -0.469 e. The van der Waals surface area contributed by atoms with Crippen LogP contribution >= 0.6 is 24.0 Å². The van der Waals surface area contributed by atoms with E-state index in [0.29, 0.717) is 17.6 Å². The van der Waals surface area contributed by atoms with Gasteiger partial charge in [0.25, 0.3) is 0 Å². The van der Waals surface area contributed by atoms with Gasteiger partial charge in [0.1, 0.15) is 36.6 Å². The summed E-state index contributed by atoms with van der Waals surface area (Å²) in [6.07, 6.45) is -2.45. The number of fused-ring (bicyclic) bond motifs is 2. The molecule has 0 aliphatic carbocycles. The Labute approximate surface area is 244 Å². The van der Waals surface area contributed by atoms with E-state index in [-0.39, 0.29) is 30.5 Å². The second-order valence-electron chi connectivity index (χ2n) is 12.4. The van der Waals surface area contributed by atoms with Gasteiger partial charge in [0.2, 0.25) is 4.38 Å². The summed E-state index contributed by atoms with van der Waals surface area (Å²) >= 11 is 6.57. The van der Waals surface area contributed by atoms with E-state index in [1.54, 1.807) is 13.8 Å². The maximum atomic E-state index is 10.3. The molecule has 0 aromatic rings. The highest BCUT2D eigenvalue weighted by atomic mass is 32.2. The van der Waals surface area contributed by atoms with E-state index >= 15 is 0 Å².